The highest BCUT2D eigenvalue weighted by Crippen LogP contribution is 2.21. The maximum absolute atomic E-state index is 5.16. The molecule has 0 aromatic carbocycles. The van der Waals surface area contributed by atoms with E-state index in [2.05, 4.69) is 55.1 Å². The molecule has 2 rings (SSSR count). The van der Waals surface area contributed by atoms with Crippen LogP contribution in [0, 0.1) is 0 Å². The van der Waals surface area contributed by atoms with Gasteiger partial charge in [-0.1, -0.05) is 0 Å². The van der Waals surface area contributed by atoms with Gasteiger partial charge in [0.25, 0.3) is 0 Å². The Morgan fingerprint density at radius 1 is 1.43 bits per heavy atom. The van der Waals surface area contributed by atoms with Crippen LogP contribution in [-0.4, -0.2) is 73.2 Å². The quantitative estimate of drug-likeness (QED) is 0.835. The van der Waals surface area contributed by atoms with Crippen molar-refractivity contribution in [3.63, 3.8) is 0 Å². The van der Waals surface area contributed by atoms with E-state index in [0.717, 1.165) is 36.7 Å². The molecule has 1 saturated heterocycles. The zero-order chi connectivity index (χ0) is 15.2. The Hall–Kier alpha value is -0.920. The molecular weight excluding hydrogens is 334 g/mol. The third-order valence-electron chi connectivity index (χ3n) is 3.90. The maximum Gasteiger partial charge on any atom is 0.232 e. The van der Waals surface area contributed by atoms with Crippen molar-refractivity contribution in [2.24, 2.45) is 0 Å². The smallest absolute Gasteiger partial charge is 0.232 e. The van der Waals surface area contributed by atoms with E-state index in [1.165, 1.54) is 12.8 Å². The summed E-state index contributed by atoms with van der Waals surface area (Å²) < 4.78 is 5.93. The SMILES string of the molecule is COc1nc(NCCN2CCC(N(C)C)CC2)ncc1Br. The second-order valence-electron chi connectivity index (χ2n) is 5.51. The number of halogens is 1. The number of nitrogens with one attached hydrogen (secondary N) is 1. The molecule has 0 unspecified atom stereocenters. The molecule has 0 aliphatic carbocycles. The summed E-state index contributed by atoms with van der Waals surface area (Å²) in [6.45, 7) is 4.18. The topological polar surface area (TPSA) is 53.5 Å². The molecule has 7 heteroatoms. The minimum Gasteiger partial charge on any atom is -0.480 e. The van der Waals surface area contributed by atoms with Gasteiger partial charge in [0.2, 0.25) is 11.8 Å². The van der Waals surface area contributed by atoms with Gasteiger partial charge in [-0.05, 0) is 56.0 Å². The van der Waals surface area contributed by atoms with Crippen LogP contribution in [0.5, 0.6) is 5.88 Å². The van der Waals surface area contributed by atoms with Crippen LogP contribution < -0.4 is 10.1 Å². The van der Waals surface area contributed by atoms with E-state index in [4.69, 9.17) is 4.74 Å². The Morgan fingerprint density at radius 3 is 2.76 bits per heavy atom. The van der Waals surface area contributed by atoms with E-state index in [0.29, 0.717) is 11.8 Å². The molecular formula is C14H24BrN5O. The number of nitrogens with zero attached hydrogens (tertiary/aromatic N) is 4. The van der Waals surface area contributed by atoms with E-state index in [1.54, 1.807) is 13.3 Å². The van der Waals surface area contributed by atoms with Gasteiger partial charge in [0, 0.05) is 19.1 Å². The van der Waals surface area contributed by atoms with Crippen LogP contribution in [0.1, 0.15) is 12.8 Å². The van der Waals surface area contributed by atoms with Gasteiger partial charge in [-0.2, -0.15) is 4.98 Å². The van der Waals surface area contributed by atoms with Crippen molar-refractivity contribution in [1.29, 1.82) is 0 Å². The predicted molar refractivity (Wildman–Crippen MR) is 87.9 cm³/mol. The summed E-state index contributed by atoms with van der Waals surface area (Å²) >= 11 is 3.35. The third kappa shape index (κ3) is 4.79. The summed E-state index contributed by atoms with van der Waals surface area (Å²) in [6.07, 6.45) is 4.20. The van der Waals surface area contributed by atoms with E-state index in [1.807, 2.05) is 0 Å². The minimum atomic E-state index is 0.555. The van der Waals surface area contributed by atoms with E-state index in [-0.39, 0.29) is 0 Å². The first-order valence-corrected chi connectivity index (χ1v) is 8.08. The van der Waals surface area contributed by atoms with Crippen molar-refractivity contribution in [1.82, 2.24) is 19.8 Å². The van der Waals surface area contributed by atoms with Crippen LogP contribution in [-0.2, 0) is 0 Å². The first-order chi connectivity index (χ1) is 10.1. The standard InChI is InChI=1S/C14H24BrN5O/c1-19(2)11-4-7-20(8-5-11)9-6-16-14-17-10-12(15)13(18-14)21-3/h10-11H,4-9H2,1-3H3,(H,16,17,18). The van der Waals surface area contributed by atoms with Gasteiger partial charge in [-0.15, -0.1) is 0 Å². The van der Waals surface area contributed by atoms with E-state index in [9.17, 15) is 0 Å². The lowest BCUT2D eigenvalue weighted by Gasteiger charge is -2.35. The highest BCUT2D eigenvalue weighted by molar-refractivity contribution is 9.10. The molecule has 0 atom stereocenters. The number of likely N-dealkylation sites (tertiary alicyclic amines) is 1. The second-order valence-corrected chi connectivity index (χ2v) is 6.37. The fourth-order valence-electron chi connectivity index (χ4n) is 2.56. The van der Waals surface area contributed by atoms with Crippen molar-refractivity contribution in [2.75, 3.05) is 52.7 Å². The first kappa shape index (κ1) is 16.5. The predicted octanol–water partition coefficient (Wildman–Crippen LogP) is 1.69. The second kappa shape index (κ2) is 7.91. The molecule has 6 nitrogen and oxygen atoms in total. The number of methoxy groups -OCH3 is 1. The van der Waals surface area contributed by atoms with Crippen molar-refractivity contribution < 1.29 is 4.74 Å². The molecule has 0 saturated carbocycles. The van der Waals surface area contributed by atoms with Gasteiger partial charge in [0.15, 0.2) is 0 Å². The third-order valence-corrected chi connectivity index (χ3v) is 4.45. The van der Waals surface area contributed by atoms with Crippen LogP contribution in [0.2, 0.25) is 0 Å². The van der Waals surface area contributed by atoms with Crippen LogP contribution in [0.4, 0.5) is 5.95 Å². The molecule has 0 amide bonds. The van der Waals surface area contributed by atoms with E-state index < -0.39 is 0 Å². The fraction of sp³-hybridized carbons (Fsp3) is 0.714. The van der Waals surface area contributed by atoms with Crippen LogP contribution in [0.25, 0.3) is 0 Å². The van der Waals surface area contributed by atoms with Gasteiger partial charge in [0.1, 0.15) is 0 Å². The molecule has 1 aromatic rings. The average Bonchev–Trinajstić information content (AvgIpc) is 2.49. The largest absolute Gasteiger partial charge is 0.480 e. The minimum absolute atomic E-state index is 0.555. The lowest BCUT2D eigenvalue weighted by atomic mass is 10.0. The fourth-order valence-corrected chi connectivity index (χ4v) is 2.92. The monoisotopic (exact) mass is 357 g/mol. The lowest BCUT2D eigenvalue weighted by Crippen LogP contribution is -2.43. The Balaban J connectivity index is 1.73. The highest BCUT2D eigenvalue weighted by atomic mass is 79.9. The van der Waals surface area contributed by atoms with Crippen LogP contribution in [0.3, 0.4) is 0 Å². The maximum atomic E-state index is 5.16. The highest BCUT2D eigenvalue weighted by Gasteiger charge is 2.19. The Morgan fingerprint density at radius 2 is 2.14 bits per heavy atom. The summed E-state index contributed by atoms with van der Waals surface area (Å²) in [6, 6.07) is 0.730. The molecule has 1 aliphatic heterocycles. The summed E-state index contributed by atoms with van der Waals surface area (Å²) in [5, 5.41) is 3.25. The molecule has 0 bridgehead atoms. The van der Waals surface area contributed by atoms with Gasteiger partial charge in [-0.25, -0.2) is 4.98 Å². The lowest BCUT2D eigenvalue weighted by molar-refractivity contribution is 0.148. The van der Waals surface area contributed by atoms with Crippen molar-refractivity contribution in [3.05, 3.63) is 10.7 Å². The first-order valence-electron chi connectivity index (χ1n) is 7.29. The summed E-state index contributed by atoms with van der Waals surface area (Å²) in [4.78, 5) is 13.3. The molecule has 118 valence electrons. The number of rotatable bonds is 6. The number of piperidine rings is 1. The molecule has 0 spiro atoms. The number of aromatic nitrogens is 2. The summed E-state index contributed by atoms with van der Waals surface area (Å²) in [5.41, 5.74) is 0. The summed E-state index contributed by atoms with van der Waals surface area (Å²) in [7, 11) is 5.94. The van der Waals surface area contributed by atoms with Gasteiger partial charge >= 0.3 is 0 Å². The molecule has 1 aromatic heterocycles. The molecule has 0 radical (unpaired) electrons. The van der Waals surface area contributed by atoms with Crippen molar-refractivity contribution in [3.8, 4) is 5.88 Å². The van der Waals surface area contributed by atoms with Gasteiger partial charge in [0.05, 0.1) is 17.8 Å². The number of anilines is 1. The molecule has 1 N–H and O–H groups in total. The number of hydrogen-bond acceptors (Lipinski definition) is 6. The van der Waals surface area contributed by atoms with Crippen molar-refractivity contribution >= 4 is 21.9 Å². The Kier molecular flexibility index (Phi) is 6.20. The Bertz CT molecular complexity index is 449. The zero-order valence-corrected chi connectivity index (χ0v) is 14.6. The normalized spacial score (nSPS) is 17.2. The molecule has 2 heterocycles. The zero-order valence-electron chi connectivity index (χ0n) is 13.0. The molecule has 1 fully saturated rings. The molecule has 21 heavy (non-hydrogen) atoms. The average molecular weight is 358 g/mol. The number of hydrogen-bond donors (Lipinski definition) is 1. The summed E-state index contributed by atoms with van der Waals surface area (Å²) in [5.74, 6) is 1.16. The van der Waals surface area contributed by atoms with E-state index >= 15 is 0 Å². The molecule has 1 aliphatic rings. The van der Waals surface area contributed by atoms with Crippen LogP contribution in [0.15, 0.2) is 10.7 Å². The van der Waals surface area contributed by atoms with Crippen molar-refractivity contribution in [2.45, 2.75) is 18.9 Å². The Labute approximate surface area is 135 Å². The van der Waals surface area contributed by atoms with Gasteiger partial charge in [-0.3, -0.25) is 0 Å². The van der Waals surface area contributed by atoms with Gasteiger partial charge < -0.3 is 19.9 Å². The number of ether oxygens (including phenoxy) is 1. The van der Waals surface area contributed by atoms with Crippen LogP contribution >= 0.6 is 15.9 Å².